The summed E-state index contributed by atoms with van der Waals surface area (Å²) in [4.78, 5) is 3.94. The van der Waals surface area contributed by atoms with E-state index < -0.39 is 6.10 Å². The molecule has 1 aromatic heterocycles. The Morgan fingerprint density at radius 1 is 1.54 bits per heavy atom. The quantitative estimate of drug-likeness (QED) is 0.614. The average molecular weight is 181 g/mol. The van der Waals surface area contributed by atoms with Crippen molar-refractivity contribution in [3.05, 3.63) is 23.4 Å². The highest BCUT2D eigenvalue weighted by Gasteiger charge is 2.15. The van der Waals surface area contributed by atoms with Gasteiger partial charge in [0.2, 0.25) is 0 Å². The van der Waals surface area contributed by atoms with Crippen LogP contribution in [0.15, 0.2) is 12.3 Å². The van der Waals surface area contributed by atoms with Gasteiger partial charge in [-0.1, -0.05) is 0 Å². The van der Waals surface area contributed by atoms with Gasteiger partial charge in [0, 0.05) is 17.8 Å². The van der Waals surface area contributed by atoms with Gasteiger partial charge in [-0.15, -0.1) is 0 Å². The van der Waals surface area contributed by atoms with Crippen molar-refractivity contribution in [2.24, 2.45) is 5.73 Å². The van der Waals surface area contributed by atoms with Crippen molar-refractivity contribution in [3.8, 4) is 0 Å². The molecule has 0 fully saturated rings. The van der Waals surface area contributed by atoms with Gasteiger partial charge in [0.1, 0.15) is 5.82 Å². The zero-order valence-corrected chi connectivity index (χ0v) is 7.86. The lowest BCUT2D eigenvalue weighted by Gasteiger charge is -2.16. The van der Waals surface area contributed by atoms with E-state index in [1.807, 2.05) is 6.92 Å². The molecule has 0 aliphatic rings. The molecule has 0 amide bonds. The number of rotatable bonds is 2. The second-order valence-electron chi connectivity index (χ2n) is 3.29. The number of aromatic nitrogens is 1. The highest BCUT2D eigenvalue weighted by Crippen LogP contribution is 2.21. The van der Waals surface area contributed by atoms with Crippen molar-refractivity contribution < 1.29 is 5.11 Å². The monoisotopic (exact) mass is 181 g/mol. The number of aryl methyl sites for hydroxylation is 1. The zero-order valence-electron chi connectivity index (χ0n) is 7.86. The van der Waals surface area contributed by atoms with Crippen LogP contribution in [0.4, 0.5) is 5.82 Å². The van der Waals surface area contributed by atoms with E-state index in [-0.39, 0.29) is 6.04 Å². The molecular weight excluding hydrogens is 166 g/mol. The maximum Gasteiger partial charge on any atom is 0.129 e. The minimum atomic E-state index is -0.743. The predicted molar refractivity (Wildman–Crippen MR) is 52.0 cm³/mol. The number of aliphatic hydroxyl groups excluding tert-OH is 1. The molecule has 0 saturated heterocycles. The van der Waals surface area contributed by atoms with Crippen LogP contribution in [-0.2, 0) is 0 Å². The molecule has 1 heterocycles. The Kier molecular flexibility index (Phi) is 2.85. The summed E-state index contributed by atoms with van der Waals surface area (Å²) in [5, 5.41) is 9.66. The molecule has 4 nitrogen and oxygen atoms in total. The molecular formula is C9H15N3O. The third-order valence-electron chi connectivity index (χ3n) is 1.90. The van der Waals surface area contributed by atoms with Gasteiger partial charge in [0.05, 0.1) is 6.10 Å². The summed E-state index contributed by atoms with van der Waals surface area (Å²) in [7, 11) is 0. The van der Waals surface area contributed by atoms with E-state index in [4.69, 9.17) is 11.5 Å². The number of nitrogens with zero attached hydrogens (tertiary/aromatic N) is 1. The first-order chi connectivity index (χ1) is 6.02. The van der Waals surface area contributed by atoms with Crippen LogP contribution in [-0.4, -0.2) is 16.1 Å². The maximum absolute atomic E-state index is 9.66. The van der Waals surface area contributed by atoms with E-state index in [2.05, 4.69) is 4.98 Å². The largest absolute Gasteiger partial charge is 0.387 e. The summed E-state index contributed by atoms with van der Waals surface area (Å²) < 4.78 is 0. The molecule has 4 heteroatoms. The second kappa shape index (κ2) is 3.72. The third-order valence-corrected chi connectivity index (χ3v) is 1.90. The Balaban J connectivity index is 3.05. The smallest absolute Gasteiger partial charge is 0.129 e. The molecule has 0 radical (unpaired) electrons. The van der Waals surface area contributed by atoms with Gasteiger partial charge >= 0.3 is 0 Å². The van der Waals surface area contributed by atoms with Gasteiger partial charge in [-0.05, 0) is 25.5 Å². The topological polar surface area (TPSA) is 85.2 Å². The summed E-state index contributed by atoms with van der Waals surface area (Å²) in [5.74, 6) is 0.343. The molecule has 5 N–H and O–H groups in total. The molecule has 0 aromatic carbocycles. The van der Waals surface area contributed by atoms with E-state index in [9.17, 15) is 5.11 Å². The summed E-state index contributed by atoms with van der Waals surface area (Å²) in [6, 6.07) is 1.46. The summed E-state index contributed by atoms with van der Waals surface area (Å²) in [6.07, 6.45) is 0.916. The Morgan fingerprint density at radius 2 is 2.15 bits per heavy atom. The molecule has 72 valence electrons. The van der Waals surface area contributed by atoms with Gasteiger partial charge in [0.15, 0.2) is 0 Å². The molecule has 0 unspecified atom stereocenters. The standard InChI is InChI=1S/C9H15N3O/c1-5-3-7(8(13)6(2)10)9(11)12-4-5/h3-4,6,8,13H,10H2,1-2H3,(H2,11,12)/t6-,8-/m1/s1. The van der Waals surface area contributed by atoms with Crippen molar-refractivity contribution in [1.29, 1.82) is 0 Å². The first-order valence-corrected chi connectivity index (χ1v) is 4.18. The van der Waals surface area contributed by atoms with Crippen molar-refractivity contribution in [3.63, 3.8) is 0 Å². The molecule has 2 atom stereocenters. The summed E-state index contributed by atoms with van der Waals surface area (Å²) in [5.41, 5.74) is 12.7. The molecule has 0 spiro atoms. The zero-order chi connectivity index (χ0) is 10.0. The fourth-order valence-corrected chi connectivity index (χ4v) is 1.12. The van der Waals surface area contributed by atoms with Crippen molar-refractivity contribution >= 4 is 5.82 Å². The van der Waals surface area contributed by atoms with Crippen LogP contribution >= 0.6 is 0 Å². The first-order valence-electron chi connectivity index (χ1n) is 4.18. The van der Waals surface area contributed by atoms with Crippen molar-refractivity contribution in [1.82, 2.24) is 4.98 Å². The molecule has 13 heavy (non-hydrogen) atoms. The minimum absolute atomic E-state index is 0.342. The Labute approximate surface area is 77.6 Å². The van der Waals surface area contributed by atoms with Crippen LogP contribution < -0.4 is 11.5 Å². The van der Waals surface area contributed by atoms with Crippen molar-refractivity contribution in [2.45, 2.75) is 26.0 Å². The first kappa shape index (κ1) is 9.95. The highest BCUT2D eigenvalue weighted by molar-refractivity contribution is 5.42. The van der Waals surface area contributed by atoms with Crippen LogP contribution in [0.1, 0.15) is 24.2 Å². The van der Waals surface area contributed by atoms with Crippen LogP contribution in [0, 0.1) is 6.92 Å². The van der Waals surface area contributed by atoms with E-state index in [1.165, 1.54) is 0 Å². The normalized spacial score (nSPS) is 15.4. The minimum Gasteiger partial charge on any atom is -0.387 e. The van der Waals surface area contributed by atoms with Gasteiger partial charge in [-0.3, -0.25) is 0 Å². The molecule has 0 saturated carbocycles. The second-order valence-corrected chi connectivity index (χ2v) is 3.29. The van der Waals surface area contributed by atoms with Crippen LogP contribution in [0.25, 0.3) is 0 Å². The molecule has 0 aliphatic heterocycles. The number of aliphatic hydroxyl groups is 1. The number of nitrogens with two attached hydrogens (primary N) is 2. The highest BCUT2D eigenvalue weighted by atomic mass is 16.3. The van der Waals surface area contributed by atoms with Crippen LogP contribution in [0.2, 0.25) is 0 Å². The molecule has 1 aromatic rings. The van der Waals surface area contributed by atoms with E-state index in [1.54, 1.807) is 19.2 Å². The van der Waals surface area contributed by atoms with Gasteiger partial charge < -0.3 is 16.6 Å². The van der Waals surface area contributed by atoms with E-state index >= 15 is 0 Å². The SMILES string of the molecule is Cc1cnc(N)c([C@H](O)[C@@H](C)N)c1. The van der Waals surface area contributed by atoms with Gasteiger partial charge in [0.25, 0.3) is 0 Å². The van der Waals surface area contributed by atoms with Gasteiger partial charge in [-0.2, -0.15) is 0 Å². The Bertz CT molecular complexity index is 299. The Hall–Kier alpha value is -1.13. The Morgan fingerprint density at radius 3 is 2.69 bits per heavy atom. The lowest BCUT2D eigenvalue weighted by molar-refractivity contribution is 0.153. The number of pyridine rings is 1. The fourth-order valence-electron chi connectivity index (χ4n) is 1.12. The van der Waals surface area contributed by atoms with Crippen LogP contribution in [0.3, 0.4) is 0 Å². The van der Waals surface area contributed by atoms with Crippen LogP contribution in [0.5, 0.6) is 0 Å². The molecule has 0 bridgehead atoms. The van der Waals surface area contributed by atoms with Gasteiger partial charge in [-0.25, -0.2) is 4.98 Å². The molecule has 1 rings (SSSR count). The lowest BCUT2D eigenvalue weighted by Crippen LogP contribution is -2.25. The number of anilines is 1. The number of hydrogen-bond donors (Lipinski definition) is 3. The number of hydrogen-bond acceptors (Lipinski definition) is 4. The third kappa shape index (κ3) is 2.17. The maximum atomic E-state index is 9.66. The fraction of sp³-hybridized carbons (Fsp3) is 0.444. The molecule has 0 aliphatic carbocycles. The van der Waals surface area contributed by atoms with E-state index in [0.717, 1.165) is 5.56 Å². The average Bonchev–Trinajstić information content (AvgIpc) is 2.08. The lowest BCUT2D eigenvalue weighted by atomic mass is 10.0. The summed E-state index contributed by atoms with van der Waals surface area (Å²) in [6.45, 7) is 3.62. The number of nitrogen functional groups attached to an aromatic ring is 1. The van der Waals surface area contributed by atoms with E-state index in [0.29, 0.717) is 11.4 Å². The predicted octanol–water partition coefficient (Wildman–Crippen LogP) is 0.353. The summed E-state index contributed by atoms with van der Waals surface area (Å²) >= 11 is 0. The van der Waals surface area contributed by atoms with Crippen molar-refractivity contribution in [2.75, 3.05) is 5.73 Å².